The molecular formula is C66H130N6O8. The first kappa shape index (κ1) is 75.7. The second-order valence-electron chi connectivity index (χ2n) is 24.3. The number of nitrogens with one attached hydrogen (secondary N) is 4. The van der Waals surface area contributed by atoms with Gasteiger partial charge in [0.1, 0.15) is 24.4 Å². The molecule has 0 saturated heterocycles. The summed E-state index contributed by atoms with van der Waals surface area (Å²) in [5.74, 6) is -1.86. The van der Waals surface area contributed by atoms with Crippen molar-refractivity contribution in [3.63, 3.8) is 0 Å². The number of aliphatic hydroxyl groups is 4. The van der Waals surface area contributed by atoms with E-state index in [4.69, 9.17) is 0 Å². The van der Waals surface area contributed by atoms with Crippen molar-refractivity contribution in [1.82, 2.24) is 31.1 Å². The molecule has 1 aliphatic carbocycles. The first-order chi connectivity index (χ1) is 39.0. The number of aliphatic hydroxyl groups excluding tert-OH is 4. The lowest BCUT2D eigenvalue weighted by atomic mass is 9.88. The van der Waals surface area contributed by atoms with Crippen molar-refractivity contribution in [2.75, 3.05) is 52.4 Å². The highest BCUT2D eigenvalue weighted by Gasteiger charge is 2.35. The molecule has 0 radical (unpaired) electrons. The van der Waals surface area contributed by atoms with Crippen LogP contribution in [0.5, 0.6) is 0 Å². The van der Waals surface area contributed by atoms with E-state index in [0.717, 1.165) is 77.0 Å². The predicted octanol–water partition coefficient (Wildman–Crippen LogP) is 12.5. The lowest BCUT2D eigenvalue weighted by Crippen LogP contribution is -2.55. The van der Waals surface area contributed by atoms with Gasteiger partial charge >= 0.3 is 0 Å². The summed E-state index contributed by atoms with van der Waals surface area (Å²) < 4.78 is 0. The Morgan fingerprint density at radius 1 is 0.287 bits per heavy atom. The molecule has 1 fully saturated rings. The van der Waals surface area contributed by atoms with Crippen molar-refractivity contribution in [2.24, 2.45) is 0 Å². The molecule has 1 rings (SSSR count). The third-order valence-electron chi connectivity index (χ3n) is 16.9. The summed E-state index contributed by atoms with van der Waals surface area (Å²) in [6.07, 6.45) is 44.2. The van der Waals surface area contributed by atoms with E-state index < -0.39 is 48.0 Å². The van der Waals surface area contributed by atoms with Gasteiger partial charge in [0, 0.05) is 64.4 Å². The summed E-state index contributed by atoms with van der Waals surface area (Å²) >= 11 is 0. The maximum absolute atomic E-state index is 13.3. The molecule has 1 saturated carbocycles. The molecule has 0 bridgehead atoms. The van der Waals surface area contributed by atoms with Gasteiger partial charge in [-0.05, 0) is 51.4 Å². The molecule has 80 heavy (non-hydrogen) atoms. The fourth-order valence-corrected chi connectivity index (χ4v) is 11.5. The first-order valence-corrected chi connectivity index (χ1v) is 34.3. The van der Waals surface area contributed by atoms with Gasteiger partial charge in [-0.15, -0.1) is 0 Å². The molecule has 0 aromatic heterocycles. The van der Waals surface area contributed by atoms with Crippen molar-refractivity contribution in [2.45, 2.75) is 347 Å². The Hall–Kier alpha value is -2.36. The van der Waals surface area contributed by atoms with Crippen molar-refractivity contribution >= 4 is 23.6 Å². The van der Waals surface area contributed by atoms with Crippen LogP contribution in [0, 0.1) is 0 Å². The van der Waals surface area contributed by atoms with Crippen molar-refractivity contribution in [3.8, 4) is 0 Å². The number of carbonyl (C=O) groups excluding carboxylic acids is 4. The summed E-state index contributed by atoms with van der Waals surface area (Å²) in [7, 11) is 0. The Balaban J connectivity index is 2.99. The highest BCUT2D eigenvalue weighted by molar-refractivity contribution is 5.82. The largest absolute Gasteiger partial charge is 0.382 e. The molecular weight excluding hydrogens is 1000 g/mol. The van der Waals surface area contributed by atoms with Gasteiger partial charge in [-0.1, -0.05) is 259 Å². The van der Waals surface area contributed by atoms with E-state index in [2.05, 4.69) is 49.0 Å². The molecule has 1 aliphatic rings. The maximum atomic E-state index is 13.3. The fourth-order valence-electron chi connectivity index (χ4n) is 11.5. The first-order valence-electron chi connectivity index (χ1n) is 34.3. The van der Waals surface area contributed by atoms with E-state index in [1.54, 1.807) is 0 Å². The molecule has 0 aromatic rings. The van der Waals surface area contributed by atoms with E-state index in [1.165, 1.54) is 180 Å². The molecule has 14 heteroatoms. The van der Waals surface area contributed by atoms with Crippen LogP contribution < -0.4 is 21.3 Å². The topological polar surface area (TPSA) is 204 Å². The van der Waals surface area contributed by atoms with Crippen LogP contribution in [0.4, 0.5) is 0 Å². The van der Waals surface area contributed by atoms with E-state index >= 15 is 0 Å². The van der Waals surface area contributed by atoms with Crippen molar-refractivity contribution in [1.29, 1.82) is 0 Å². The monoisotopic (exact) mass is 1130 g/mol. The average molecular weight is 1140 g/mol. The molecule has 8 N–H and O–H groups in total. The fraction of sp³-hybridized carbons (Fsp3) is 0.939. The Kier molecular flexibility index (Phi) is 51.6. The molecule has 4 atom stereocenters. The zero-order valence-corrected chi connectivity index (χ0v) is 52.5. The third-order valence-corrected chi connectivity index (χ3v) is 16.9. The standard InChI is InChI=1S/C66H130N6O8/c1-5-9-13-17-21-25-29-33-37-41-49-67-63(77)59(73)53-71(54-60(74)64(78)68-50-42-38-34-30-26-22-18-14-10-6-2)57-45-47-58(48-46-57)72(55-61(75)65(79)69-51-43-39-35-31-27-23-19-15-11-7-3)56-62(76)66(80)70-52-44-40-36-32-28-24-20-16-12-8-4/h57-62,73-76H,5-56H2,1-4H3,(H,67,77)(H,68,78)(H,69,79)(H,70,80). The number of hydrogen-bond acceptors (Lipinski definition) is 10. The van der Waals surface area contributed by atoms with Crippen LogP contribution >= 0.6 is 0 Å². The molecule has 0 aromatic carbocycles. The van der Waals surface area contributed by atoms with Crippen LogP contribution in [-0.4, -0.2) is 143 Å². The van der Waals surface area contributed by atoms with Crippen LogP contribution in [0.2, 0.25) is 0 Å². The van der Waals surface area contributed by atoms with Crippen molar-refractivity contribution in [3.05, 3.63) is 0 Å². The number of unbranched alkanes of at least 4 members (excludes halogenated alkanes) is 36. The normalized spacial score (nSPS) is 16.2. The van der Waals surface area contributed by atoms with E-state index in [-0.39, 0.29) is 38.3 Å². The number of rotatable bonds is 58. The predicted molar refractivity (Wildman–Crippen MR) is 333 cm³/mol. The second-order valence-corrected chi connectivity index (χ2v) is 24.3. The van der Waals surface area contributed by atoms with Gasteiger partial charge in [-0.3, -0.25) is 29.0 Å². The molecule has 4 unspecified atom stereocenters. The molecule has 14 nitrogen and oxygen atoms in total. The molecule has 472 valence electrons. The van der Waals surface area contributed by atoms with Gasteiger partial charge in [-0.25, -0.2) is 0 Å². The number of nitrogens with zero attached hydrogens (tertiary/aromatic N) is 2. The summed E-state index contributed by atoms with van der Waals surface area (Å²) in [5.41, 5.74) is 0. The second kappa shape index (κ2) is 54.6. The lowest BCUT2D eigenvalue weighted by Gasteiger charge is -2.42. The summed E-state index contributed by atoms with van der Waals surface area (Å²) in [6, 6.07) is -0.379. The molecule has 0 heterocycles. The minimum Gasteiger partial charge on any atom is -0.382 e. The van der Waals surface area contributed by atoms with Crippen LogP contribution in [-0.2, 0) is 19.2 Å². The Bertz CT molecular complexity index is 1240. The van der Waals surface area contributed by atoms with E-state index in [0.29, 0.717) is 51.9 Å². The summed E-state index contributed by atoms with van der Waals surface area (Å²) in [5, 5.41) is 57.0. The van der Waals surface area contributed by atoms with Crippen LogP contribution in [0.25, 0.3) is 0 Å². The number of hydrogen-bond donors (Lipinski definition) is 8. The number of carbonyl (C=O) groups is 4. The highest BCUT2D eigenvalue weighted by atomic mass is 16.3. The Morgan fingerprint density at radius 2 is 0.438 bits per heavy atom. The van der Waals surface area contributed by atoms with Crippen molar-refractivity contribution < 1.29 is 39.6 Å². The van der Waals surface area contributed by atoms with Gasteiger partial charge in [0.25, 0.3) is 0 Å². The quantitative estimate of drug-likeness (QED) is 0.0271. The highest BCUT2D eigenvalue weighted by Crippen LogP contribution is 2.28. The zero-order chi connectivity index (χ0) is 58.5. The molecule has 0 spiro atoms. The molecule has 4 amide bonds. The van der Waals surface area contributed by atoms with Crippen LogP contribution in [0.3, 0.4) is 0 Å². The smallest absolute Gasteiger partial charge is 0.250 e. The van der Waals surface area contributed by atoms with E-state index in [9.17, 15) is 39.6 Å². The summed E-state index contributed by atoms with van der Waals surface area (Å²) in [4.78, 5) is 57.0. The third kappa shape index (κ3) is 42.4. The van der Waals surface area contributed by atoms with Gasteiger partial charge < -0.3 is 41.7 Å². The average Bonchev–Trinajstić information content (AvgIpc) is 3.47. The van der Waals surface area contributed by atoms with Gasteiger partial charge in [-0.2, -0.15) is 0 Å². The Labute approximate surface area is 491 Å². The molecule has 0 aliphatic heterocycles. The maximum Gasteiger partial charge on any atom is 0.250 e. The zero-order valence-electron chi connectivity index (χ0n) is 52.5. The lowest BCUT2D eigenvalue weighted by molar-refractivity contribution is -0.135. The van der Waals surface area contributed by atoms with Gasteiger partial charge in [0.15, 0.2) is 0 Å². The number of amides is 4. The minimum atomic E-state index is -1.36. The van der Waals surface area contributed by atoms with Crippen LogP contribution in [0.1, 0.15) is 310 Å². The van der Waals surface area contributed by atoms with Gasteiger partial charge in [0.05, 0.1) is 0 Å². The van der Waals surface area contributed by atoms with E-state index in [1.807, 2.05) is 9.80 Å². The van der Waals surface area contributed by atoms with Crippen LogP contribution in [0.15, 0.2) is 0 Å². The van der Waals surface area contributed by atoms with Gasteiger partial charge in [0.2, 0.25) is 23.6 Å². The summed E-state index contributed by atoms with van der Waals surface area (Å²) in [6.45, 7) is 10.6. The Morgan fingerprint density at radius 3 is 0.600 bits per heavy atom. The minimum absolute atomic E-state index is 0.0540. The SMILES string of the molecule is CCCCCCCCCCCCNC(=O)C(O)CN(CC(O)C(=O)NCCCCCCCCCCCC)C1CCC(N(CC(O)C(=O)NCCCCCCCCCCCC)CC(O)C(=O)NCCCCCCCCCCCC)CC1.